The van der Waals surface area contributed by atoms with Crippen LogP contribution in [0.4, 0.5) is 54.2 Å². The fourth-order valence-electron chi connectivity index (χ4n) is 5.63. The number of morpholine rings is 1. The normalized spacial score (nSPS) is 17.0. The smallest absolute Gasteiger partial charge is 0.382 e. The number of aliphatic imine (C=N–C) groups is 1. The van der Waals surface area contributed by atoms with Gasteiger partial charge in [0.1, 0.15) is 22.4 Å². The predicted molar refractivity (Wildman–Crippen MR) is 200 cm³/mol. The summed E-state index contributed by atoms with van der Waals surface area (Å²) in [5, 5.41) is 12.7. The lowest BCUT2D eigenvalue weighted by atomic mass is 9.98. The van der Waals surface area contributed by atoms with Crippen molar-refractivity contribution >= 4 is 58.0 Å². The van der Waals surface area contributed by atoms with Crippen LogP contribution in [0.2, 0.25) is 0 Å². The van der Waals surface area contributed by atoms with E-state index in [2.05, 4.69) is 64.9 Å². The number of hydrogen-bond acceptors (Lipinski definition) is 17. The number of hydrogen-bond donors (Lipinski definition) is 7. The Balaban J connectivity index is 0.000000233. The lowest BCUT2D eigenvalue weighted by molar-refractivity contribution is -0.136. The number of rotatable bonds is 14. The molecule has 2 aliphatic rings. The fourth-order valence-corrected chi connectivity index (χ4v) is 5.63. The second-order valence-electron chi connectivity index (χ2n) is 12.4. The molecule has 10 N–H and O–H groups in total. The molecule has 0 saturated carbocycles. The molecular weight excluding hydrogens is 681 g/mol. The number of nitrogens with two attached hydrogens (primary N) is 3. The molecule has 52 heavy (non-hydrogen) atoms. The number of nitrogen functional groups attached to an aromatic ring is 2. The molecule has 0 radical (unpaired) electrons. The second kappa shape index (κ2) is 18.2. The third-order valence-electron chi connectivity index (χ3n) is 8.13. The molecule has 0 aliphatic carbocycles. The molecule has 5 heterocycles. The van der Waals surface area contributed by atoms with Crippen molar-refractivity contribution in [2.75, 3.05) is 97.2 Å². The van der Waals surface area contributed by atoms with Gasteiger partial charge in [0, 0.05) is 46.3 Å². The van der Waals surface area contributed by atoms with Gasteiger partial charge in [0.15, 0.2) is 23.1 Å². The van der Waals surface area contributed by atoms with Crippen molar-refractivity contribution in [3.8, 4) is 0 Å². The quantitative estimate of drug-likeness (QED) is 0.124. The first kappa shape index (κ1) is 40.1. The summed E-state index contributed by atoms with van der Waals surface area (Å²) < 4.78 is 43.5. The first-order valence-corrected chi connectivity index (χ1v) is 17.8. The summed E-state index contributed by atoms with van der Waals surface area (Å²) in [5.41, 5.74) is 19.0. The summed E-state index contributed by atoms with van der Waals surface area (Å²) in [6, 6.07) is 0. The van der Waals surface area contributed by atoms with E-state index in [4.69, 9.17) is 31.9 Å². The summed E-state index contributed by atoms with van der Waals surface area (Å²) in [6.07, 6.45) is -1.46. The zero-order valence-electron chi connectivity index (χ0n) is 30.7. The third kappa shape index (κ3) is 10.2. The highest BCUT2D eigenvalue weighted by Crippen LogP contribution is 2.37. The lowest BCUT2D eigenvalue weighted by Crippen LogP contribution is -2.48. The van der Waals surface area contributed by atoms with E-state index in [-0.39, 0.29) is 24.3 Å². The zero-order chi connectivity index (χ0) is 37.9. The minimum Gasteiger partial charge on any atom is -0.382 e. The molecule has 20 heteroatoms. The third-order valence-corrected chi connectivity index (χ3v) is 8.13. The minimum atomic E-state index is -4.26. The van der Waals surface area contributed by atoms with Gasteiger partial charge in [-0.05, 0) is 25.7 Å². The molecule has 288 valence electrons. The molecule has 1 saturated heterocycles. The predicted octanol–water partition coefficient (Wildman–Crippen LogP) is 3.94. The van der Waals surface area contributed by atoms with Crippen molar-refractivity contribution in [2.45, 2.75) is 78.1 Å². The molecule has 2 aliphatic heterocycles. The number of alkyl halides is 3. The van der Waals surface area contributed by atoms with Crippen LogP contribution in [0.5, 0.6) is 0 Å². The van der Waals surface area contributed by atoms with Crippen LogP contribution >= 0.6 is 0 Å². The first-order chi connectivity index (χ1) is 24.9. The van der Waals surface area contributed by atoms with E-state index in [0.29, 0.717) is 62.3 Å². The lowest BCUT2D eigenvalue weighted by Gasteiger charge is -2.36. The Labute approximate surface area is 302 Å². The highest BCUT2D eigenvalue weighted by Gasteiger charge is 2.38. The maximum Gasteiger partial charge on any atom is 0.390 e. The van der Waals surface area contributed by atoms with Crippen LogP contribution in [-0.2, 0) is 10.4 Å². The van der Waals surface area contributed by atoms with E-state index in [9.17, 15) is 13.2 Å². The van der Waals surface area contributed by atoms with Gasteiger partial charge in [-0.1, -0.05) is 34.1 Å². The standard InChI is InChI=1S/C17H28N8O.C15H25F3N8/c1-4-6-19-14-13-12(21-16(18-3)23-14)15(20-7-5-2)24-17(22-13)25-8-10-26-11-9-25;1-3-5-14(21)10-9(11(19)24-12(20)23-10)22-13(25-14)26(7-4-2)8-6-15(16,17)18/h4-11H2,1-3H3,(H,20,22,24)(H2,18,19,21,23);3-8,21H2,1-2H3,(H,22,25)(H4,19,20,23,24). The Kier molecular flexibility index (Phi) is 14.0. The Morgan fingerprint density at radius 3 is 2.12 bits per heavy atom. The van der Waals surface area contributed by atoms with E-state index >= 15 is 0 Å². The van der Waals surface area contributed by atoms with Crippen LogP contribution in [0, 0.1) is 0 Å². The number of aromatic nitrogens is 6. The number of anilines is 7. The van der Waals surface area contributed by atoms with Crippen LogP contribution in [0.25, 0.3) is 11.0 Å². The molecule has 17 nitrogen and oxygen atoms in total. The van der Waals surface area contributed by atoms with Gasteiger partial charge < -0.3 is 53.0 Å². The molecule has 0 spiro atoms. The summed E-state index contributed by atoms with van der Waals surface area (Å²) in [5.74, 6) is 3.01. The van der Waals surface area contributed by atoms with Gasteiger partial charge >= 0.3 is 6.18 Å². The number of nitrogens with zero attached hydrogens (tertiary/aromatic N) is 9. The van der Waals surface area contributed by atoms with E-state index in [1.807, 2.05) is 20.9 Å². The van der Waals surface area contributed by atoms with Crippen molar-refractivity contribution in [2.24, 2.45) is 10.7 Å². The van der Waals surface area contributed by atoms with Gasteiger partial charge in [0.05, 0.1) is 19.6 Å². The number of ether oxygens (including phenoxy) is 1. The number of halogens is 3. The Morgan fingerprint density at radius 2 is 1.52 bits per heavy atom. The average Bonchev–Trinajstić information content (AvgIpc) is 3.11. The maximum atomic E-state index is 12.7. The highest BCUT2D eigenvalue weighted by molar-refractivity contribution is 5.99. The molecule has 0 aromatic carbocycles. The number of guanidine groups is 1. The number of nitrogens with one attached hydrogen (secondary N) is 4. The SMILES string of the molecule is CCCN(CCC(F)(F)F)C1=NC(N)(CCC)c2nc(N)nc(N)c2N1.CCCNc1nc(N2CCOCC2)nc2c(NCCC)nc(NC)nc12. The van der Waals surface area contributed by atoms with Crippen molar-refractivity contribution in [1.29, 1.82) is 0 Å². The second-order valence-corrected chi connectivity index (χ2v) is 12.4. The van der Waals surface area contributed by atoms with E-state index in [1.165, 1.54) is 4.90 Å². The molecule has 5 rings (SSSR count). The van der Waals surface area contributed by atoms with Gasteiger partial charge in [-0.25, -0.2) is 19.9 Å². The summed E-state index contributed by atoms with van der Waals surface area (Å²) in [6.45, 7) is 12.8. The largest absolute Gasteiger partial charge is 0.390 e. The van der Waals surface area contributed by atoms with E-state index in [1.54, 1.807) is 0 Å². The summed E-state index contributed by atoms with van der Waals surface area (Å²) in [7, 11) is 1.81. The monoisotopic (exact) mass is 734 g/mol. The zero-order valence-corrected chi connectivity index (χ0v) is 30.7. The minimum absolute atomic E-state index is 0.0323. The fraction of sp³-hybridized carbons (Fsp3) is 0.656. The number of fused-ring (bicyclic) bond motifs is 2. The van der Waals surface area contributed by atoms with Crippen LogP contribution in [0.1, 0.15) is 71.9 Å². The Morgan fingerprint density at radius 1 is 0.865 bits per heavy atom. The van der Waals surface area contributed by atoms with Crippen molar-refractivity contribution < 1.29 is 17.9 Å². The van der Waals surface area contributed by atoms with Crippen LogP contribution < -0.4 is 43.4 Å². The van der Waals surface area contributed by atoms with Crippen molar-refractivity contribution in [3.63, 3.8) is 0 Å². The molecule has 1 atom stereocenters. The Hall–Kier alpha value is -4.72. The Bertz CT molecular complexity index is 1650. The summed E-state index contributed by atoms with van der Waals surface area (Å²) in [4.78, 5) is 35.0. The van der Waals surface area contributed by atoms with Gasteiger partial charge in [0.25, 0.3) is 0 Å². The van der Waals surface area contributed by atoms with Crippen LogP contribution in [0.15, 0.2) is 4.99 Å². The van der Waals surface area contributed by atoms with Crippen LogP contribution in [0.3, 0.4) is 0 Å². The van der Waals surface area contributed by atoms with Crippen LogP contribution in [-0.4, -0.2) is 106 Å². The molecule has 1 fully saturated rings. The first-order valence-electron chi connectivity index (χ1n) is 17.8. The molecule has 0 amide bonds. The molecular formula is C32H53F3N16O. The molecule has 3 aromatic heterocycles. The molecule has 1 unspecified atom stereocenters. The molecule has 0 bridgehead atoms. The topological polar surface area (TPSA) is 232 Å². The highest BCUT2D eigenvalue weighted by atomic mass is 19.4. The molecule has 3 aromatic rings. The summed E-state index contributed by atoms with van der Waals surface area (Å²) >= 11 is 0. The van der Waals surface area contributed by atoms with Gasteiger partial charge in [0.2, 0.25) is 23.8 Å². The average molecular weight is 735 g/mol. The van der Waals surface area contributed by atoms with Gasteiger partial charge in [-0.3, -0.25) is 0 Å². The van der Waals surface area contributed by atoms with Crippen molar-refractivity contribution in [1.82, 2.24) is 34.8 Å². The van der Waals surface area contributed by atoms with E-state index < -0.39 is 18.3 Å². The van der Waals surface area contributed by atoms with E-state index in [0.717, 1.165) is 61.7 Å². The van der Waals surface area contributed by atoms with Crippen molar-refractivity contribution in [3.05, 3.63) is 5.69 Å². The maximum absolute atomic E-state index is 12.7. The van der Waals surface area contributed by atoms with Gasteiger partial charge in [-0.2, -0.15) is 28.1 Å². The van der Waals surface area contributed by atoms with Gasteiger partial charge in [-0.15, -0.1) is 0 Å².